The van der Waals surface area contributed by atoms with Gasteiger partial charge in [0.05, 0.1) is 0 Å². The molecule has 0 bridgehead atoms. The van der Waals surface area contributed by atoms with E-state index < -0.39 is 29.0 Å². The van der Waals surface area contributed by atoms with E-state index >= 15 is 4.39 Å². The molecule has 0 N–H and O–H groups in total. The first-order valence-electron chi connectivity index (χ1n) is 11.6. The molecule has 3 nitrogen and oxygen atoms in total. The predicted octanol–water partition coefficient (Wildman–Crippen LogP) is 6.69. The number of aromatic nitrogens is 2. The third-order valence-corrected chi connectivity index (χ3v) is 7.70. The van der Waals surface area contributed by atoms with Crippen LogP contribution < -0.4 is 4.74 Å². The zero-order chi connectivity index (χ0) is 23.8. The molecule has 0 amide bonds. The molecule has 0 radical (unpaired) electrons. The predicted molar refractivity (Wildman–Crippen MR) is 118 cm³/mol. The Morgan fingerprint density at radius 2 is 1.91 bits per heavy atom. The van der Waals surface area contributed by atoms with Crippen LogP contribution in [0.1, 0.15) is 77.6 Å². The van der Waals surface area contributed by atoms with E-state index in [4.69, 9.17) is 4.74 Å². The lowest BCUT2D eigenvalue weighted by Crippen LogP contribution is -2.16. The minimum absolute atomic E-state index is 0.0376. The SMILES string of the molecule is CC1(C)CC(c2cccnc2C(F)(F)F)c2cc(COc3cc4c(cn3)C3CC3C4)c(F)cc21. The van der Waals surface area contributed by atoms with Crippen molar-refractivity contribution in [2.24, 2.45) is 5.92 Å². The molecule has 1 fully saturated rings. The van der Waals surface area contributed by atoms with Crippen molar-refractivity contribution in [1.82, 2.24) is 9.97 Å². The van der Waals surface area contributed by atoms with E-state index in [0.29, 0.717) is 29.3 Å². The summed E-state index contributed by atoms with van der Waals surface area (Å²) in [6.45, 7) is 3.83. The Morgan fingerprint density at radius 1 is 1.09 bits per heavy atom. The molecule has 3 aliphatic rings. The van der Waals surface area contributed by atoms with Gasteiger partial charge in [0.25, 0.3) is 0 Å². The summed E-state index contributed by atoms with van der Waals surface area (Å²) in [5, 5.41) is 0. The Bertz CT molecular complexity index is 1300. The molecule has 1 aromatic carbocycles. The number of fused-ring (bicyclic) bond motifs is 4. The van der Waals surface area contributed by atoms with Crippen molar-refractivity contribution in [3.05, 3.63) is 87.6 Å². The summed E-state index contributed by atoms with van der Waals surface area (Å²) in [6, 6.07) is 8.06. The highest BCUT2D eigenvalue weighted by atomic mass is 19.4. The highest BCUT2D eigenvalue weighted by Crippen LogP contribution is 2.56. The second kappa shape index (κ2) is 7.27. The summed E-state index contributed by atoms with van der Waals surface area (Å²) >= 11 is 0. The van der Waals surface area contributed by atoms with Crippen molar-refractivity contribution in [2.45, 2.75) is 63.1 Å². The average Bonchev–Trinajstić information content (AvgIpc) is 3.38. The van der Waals surface area contributed by atoms with Gasteiger partial charge >= 0.3 is 6.18 Å². The molecule has 1 saturated carbocycles. The van der Waals surface area contributed by atoms with Crippen molar-refractivity contribution in [3.63, 3.8) is 0 Å². The maximum atomic E-state index is 15.1. The quantitative estimate of drug-likeness (QED) is 0.401. The molecule has 3 aliphatic carbocycles. The lowest BCUT2D eigenvalue weighted by molar-refractivity contribution is -0.142. The fraction of sp³-hybridized carbons (Fsp3) is 0.407. The van der Waals surface area contributed by atoms with E-state index in [-0.39, 0.29) is 12.2 Å². The van der Waals surface area contributed by atoms with Crippen LogP contribution in [-0.2, 0) is 24.6 Å². The Hall–Kier alpha value is -2.96. The van der Waals surface area contributed by atoms with Crippen LogP contribution in [0.5, 0.6) is 5.88 Å². The van der Waals surface area contributed by atoms with Crippen molar-refractivity contribution in [3.8, 4) is 5.88 Å². The fourth-order valence-electron chi connectivity index (χ4n) is 5.93. The van der Waals surface area contributed by atoms with Crippen LogP contribution in [0.2, 0.25) is 0 Å². The van der Waals surface area contributed by atoms with Crippen molar-refractivity contribution < 1.29 is 22.3 Å². The van der Waals surface area contributed by atoms with Crippen LogP contribution in [0, 0.1) is 11.7 Å². The molecule has 0 aliphatic heterocycles. The number of ether oxygens (including phenoxy) is 1. The normalized spacial score (nSPS) is 23.9. The molecular weight excluding hydrogens is 444 g/mol. The van der Waals surface area contributed by atoms with Gasteiger partial charge in [0.15, 0.2) is 0 Å². The Kier molecular flexibility index (Phi) is 4.61. The second-order valence-electron chi connectivity index (χ2n) is 10.4. The topological polar surface area (TPSA) is 35.0 Å². The first kappa shape index (κ1) is 21.6. The highest BCUT2D eigenvalue weighted by Gasteiger charge is 2.46. The Morgan fingerprint density at radius 3 is 2.71 bits per heavy atom. The van der Waals surface area contributed by atoms with Crippen LogP contribution in [0.4, 0.5) is 17.6 Å². The monoisotopic (exact) mass is 468 g/mol. The van der Waals surface area contributed by atoms with Crippen LogP contribution in [0.3, 0.4) is 0 Å². The lowest BCUT2D eigenvalue weighted by atomic mass is 9.84. The number of halogens is 4. The molecule has 3 aromatic rings. The third-order valence-electron chi connectivity index (χ3n) is 7.70. The number of alkyl halides is 3. The summed E-state index contributed by atoms with van der Waals surface area (Å²) < 4.78 is 62.0. The van der Waals surface area contributed by atoms with Crippen LogP contribution in [-0.4, -0.2) is 9.97 Å². The molecule has 2 heterocycles. The van der Waals surface area contributed by atoms with Crippen LogP contribution in [0.25, 0.3) is 0 Å². The van der Waals surface area contributed by atoms with Gasteiger partial charge in [-0.3, -0.25) is 4.98 Å². The lowest BCUT2D eigenvalue weighted by Gasteiger charge is -2.20. The van der Waals surface area contributed by atoms with Crippen LogP contribution in [0.15, 0.2) is 42.7 Å². The molecule has 176 valence electrons. The average molecular weight is 468 g/mol. The van der Waals surface area contributed by atoms with Gasteiger partial charge in [-0.2, -0.15) is 13.2 Å². The van der Waals surface area contributed by atoms with E-state index in [0.717, 1.165) is 24.1 Å². The van der Waals surface area contributed by atoms with Gasteiger partial charge in [-0.15, -0.1) is 0 Å². The van der Waals surface area contributed by atoms with E-state index in [1.165, 1.54) is 35.7 Å². The maximum Gasteiger partial charge on any atom is 0.433 e. The van der Waals surface area contributed by atoms with Gasteiger partial charge in [0, 0.05) is 29.9 Å². The zero-order valence-electron chi connectivity index (χ0n) is 18.9. The van der Waals surface area contributed by atoms with Crippen molar-refractivity contribution in [1.29, 1.82) is 0 Å². The number of nitrogens with zero attached hydrogens (tertiary/aromatic N) is 2. The minimum Gasteiger partial charge on any atom is -0.473 e. The first-order chi connectivity index (χ1) is 16.1. The van der Waals surface area contributed by atoms with E-state index in [1.54, 1.807) is 6.07 Å². The molecule has 0 saturated heterocycles. The molecule has 7 heteroatoms. The number of hydrogen-bond acceptors (Lipinski definition) is 3. The number of rotatable bonds is 4. The molecule has 3 atom stereocenters. The summed E-state index contributed by atoms with van der Waals surface area (Å²) in [5.74, 6) is 0.871. The summed E-state index contributed by atoms with van der Waals surface area (Å²) in [6.07, 6.45) is 1.17. The molecule has 0 spiro atoms. The van der Waals surface area contributed by atoms with Gasteiger partial charge in [-0.1, -0.05) is 19.9 Å². The van der Waals surface area contributed by atoms with E-state index in [9.17, 15) is 13.2 Å². The zero-order valence-corrected chi connectivity index (χ0v) is 18.9. The van der Waals surface area contributed by atoms with E-state index in [2.05, 4.69) is 9.97 Å². The minimum atomic E-state index is -4.56. The van der Waals surface area contributed by atoms with Gasteiger partial charge < -0.3 is 4.74 Å². The highest BCUT2D eigenvalue weighted by molar-refractivity contribution is 5.50. The molecule has 34 heavy (non-hydrogen) atoms. The smallest absolute Gasteiger partial charge is 0.433 e. The number of pyridine rings is 2. The maximum absolute atomic E-state index is 15.1. The summed E-state index contributed by atoms with van der Waals surface area (Å²) in [5.41, 5.74) is 3.05. The summed E-state index contributed by atoms with van der Waals surface area (Å²) in [4.78, 5) is 8.03. The molecule has 6 rings (SSSR count). The second-order valence-corrected chi connectivity index (χ2v) is 10.4. The van der Waals surface area contributed by atoms with Crippen LogP contribution >= 0.6 is 0 Å². The van der Waals surface area contributed by atoms with Gasteiger partial charge in [-0.25, -0.2) is 9.37 Å². The van der Waals surface area contributed by atoms with Crippen molar-refractivity contribution in [2.75, 3.05) is 0 Å². The van der Waals surface area contributed by atoms with Gasteiger partial charge in [0.2, 0.25) is 5.88 Å². The Labute approximate surface area is 195 Å². The van der Waals surface area contributed by atoms with E-state index in [1.807, 2.05) is 26.1 Å². The molecule has 2 aromatic heterocycles. The van der Waals surface area contributed by atoms with Gasteiger partial charge in [0.1, 0.15) is 18.1 Å². The number of hydrogen-bond donors (Lipinski definition) is 0. The fourth-order valence-corrected chi connectivity index (χ4v) is 5.93. The number of benzene rings is 1. The summed E-state index contributed by atoms with van der Waals surface area (Å²) in [7, 11) is 0. The van der Waals surface area contributed by atoms with Gasteiger partial charge in [-0.05, 0) is 82.5 Å². The van der Waals surface area contributed by atoms with Crippen molar-refractivity contribution >= 4 is 0 Å². The largest absolute Gasteiger partial charge is 0.473 e. The third kappa shape index (κ3) is 3.48. The molecule has 3 unspecified atom stereocenters. The molecular formula is C27H24F4N2O. The first-order valence-corrected chi connectivity index (χ1v) is 11.6. The Balaban J connectivity index is 1.32. The standard InChI is InChI=1S/C27H24F4N2O/c1-26(2)11-20(17-4-3-5-32-25(17)27(29,30)31)19-8-16(23(28)10-22(19)26)13-34-24-9-15-6-14-7-18(14)21(15)12-33-24/h3-5,8-10,12,14,18,20H,6-7,11,13H2,1-2H3.